The highest BCUT2D eigenvalue weighted by molar-refractivity contribution is 7.98. The summed E-state index contributed by atoms with van der Waals surface area (Å²) in [6, 6.07) is 6.01. The molecule has 0 saturated heterocycles. The zero-order chi connectivity index (χ0) is 13.8. The zero-order valence-corrected chi connectivity index (χ0v) is 11.9. The van der Waals surface area contributed by atoms with Crippen LogP contribution in [0.25, 0.3) is 0 Å². The molecule has 1 aromatic heterocycles. The number of benzene rings is 1. The van der Waals surface area contributed by atoms with Crippen LogP contribution < -0.4 is 10.6 Å². The van der Waals surface area contributed by atoms with Crippen molar-refractivity contribution in [3.8, 4) is 0 Å². The van der Waals surface area contributed by atoms with Gasteiger partial charge >= 0.3 is 0 Å². The maximum Gasteiger partial charge on any atom is 0.191 e. The van der Waals surface area contributed by atoms with Crippen LogP contribution >= 0.6 is 23.4 Å². The fourth-order valence-electron chi connectivity index (χ4n) is 1.44. The first kappa shape index (κ1) is 13.9. The SMILES string of the molecule is CNc1cc(Nc2cc(Cl)ccc2F)nc(SC)n1. The monoisotopic (exact) mass is 298 g/mol. The van der Waals surface area contributed by atoms with Gasteiger partial charge in [-0.05, 0) is 24.5 Å². The van der Waals surface area contributed by atoms with Crippen LogP contribution in [0.1, 0.15) is 0 Å². The Morgan fingerprint density at radius 3 is 2.63 bits per heavy atom. The Hall–Kier alpha value is -1.53. The van der Waals surface area contributed by atoms with Gasteiger partial charge in [0.15, 0.2) is 5.16 Å². The molecule has 0 saturated carbocycles. The number of hydrogen-bond acceptors (Lipinski definition) is 5. The van der Waals surface area contributed by atoms with Crippen LogP contribution in [-0.2, 0) is 0 Å². The molecule has 0 amide bonds. The van der Waals surface area contributed by atoms with E-state index in [9.17, 15) is 4.39 Å². The largest absolute Gasteiger partial charge is 0.373 e. The number of rotatable bonds is 4. The van der Waals surface area contributed by atoms with Crippen molar-refractivity contribution in [1.82, 2.24) is 9.97 Å². The minimum atomic E-state index is -0.389. The molecule has 0 radical (unpaired) electrons. The van der Waals surface area contributed by atoms with Crippen LogP contribution in [0.5, 0.6) is 0 Å². The van der Waals surface area contributed by atoms with Crippen molar-refractivity contribution in [2.24, 2.45) is 0 Å². The number of nitrogens with one attached hydrogen (secondary N) is 2. The zero-order valence-electron chi connectivity index (χ0n) is 10.4. The van der Waals surface area contributed by atoms with Crippen molar-refractivity contribution in [1.29, 1.82) is 0 Å². The molecule has 7 heteroatoms. The molecule has 0 spiro atoms. The van der Waals surface area contributed by atoms with E-state index in [0.717, 1.165) is 0 Å². The van der Waals surface area contributed by atoms with E-state index in [1.165, 1.54) is 30.0 Å². The second-order valence-electron chi connectivity index (χ2n) is 3.62. The molecule has 0 atom stereocenters. The predicted octanol–water partition coefficient (Wildman–Crippen LogP) is 3.78. The molecule has 2 rings (SSSR count). The third kappa shape index (κ3) is 3.48. The molecule has 1 aromatic carbocycles. The summed E-state index contributed by atoms with van der Waals surface area (Å²) in [6.07, 6.45) is 1.87. The average molecular weight is 299 g/mol. The first-order valence-electron chi connectivity index (χ1n) is 5.45. The van der Waals surface area contributed by atoms with E-state index in [2.05, 4.69) is 20.6 Å². The van der Waals surface area contributed by atoms with Crippen LogP contribution in [0.2, 0.25) is 5.02 Å². The Kier molecular flexibility index (Phi) is 4.44. The topological polar surface area (TPSA) is 49.8 Å². The molecule has 0 bridgehead atoms. The molecule has 2 aromatic rings. The molecule has 0 aliphatic heterocycles. The van der Waals surface area contributed by atoms with Crippen molar-refractivity contribution in [2.45, 2.75) is 5.16 Å². The lowest BCUT2D eigenvalue weighted by Crippen LogP contribution is -2.01. The van der Waals surface area contributed by atoms with E-state index < -0.39 is 0 Å². The van der Waals surface area contributed by atoms with E-state index in [1.807, 2.05) is 6.26 Å². The molecular weight excluding hydrogens is 287 g/mol. The summed E-state index contributed by atoms with van der Waals surface area (Å²) in [5, 5.41) is 6.88. The minimum absolute atomic E-state index is 0.278. The third-order valence-corrected chi connectivity index (χ3v) is 3.12. The first-order valence-corrected chi connectivity index (χ1v) is 7.05. The number of anilines is 3. The molecule has 0 aliphatic rings. The van der Waals surface area contributed by atoms with Gasteiger partial charge in [-0.15, -0.1) is 0 Å². The smallest absolute Gasteiger partial charge is 0.191 e. The van der Waals surface area contributed by atoms with Gasteiger partial charge in [0.05, 0.1) is 5.69 Å². The number of thioether (sulfide) groups is 1. The van der Waals surface area contributed by atoms with Gasteiger partial charge in [0.1, 0.15) is 17.5 Å². The highest BCUT2D eigenvalue weighted by atomic mass is 35.5. The van der Waals surface area contributed by atoms with Crippen molar-refractivity contribution in [3.63, 3.8) is 0 Å². The van der Waals surface area contributed by atoms with Crippen LogP contribution in [-0.4, -0.2) is 23.3 Å². The third-order valence-electron chi connectivity index (χ3n) is 2.34. The molecule has 0 fully saturated rings. The molecule has 19 heavy (non-hydrogen) atoms. The summed E-state index contributed by atoms with van der Waals surface area (Å²) in [7, 11) is 1.76. The second-order valence-corrected chi connectivity index (χ2v) is 4.83. The lowest BCUT2D eigenvalue weighted by molar-refractivity contribution is 0.631. The summed E-state index contributed by atoms with van der Waals surface area (Å²) in [4.78, 5) is 8.49. The van der Waals surface area contributed by atoms with Crippen molar-refractivity contribution < 1.29 is 4.39 Å². The lowest BCUT2D eigenvalue weighted by atomic mass is 10.3. The number of hydrogen-bond donors (Lipinski definition) is 2. The molecule has 2 N–H and O–H groups in total. The highest BCUT2D eigenvalue weighted by Crippen LogP contribution is 2.24. The second kappa shape index (κ2) is 6.08. The van der Waals surface area contributed by atoms with Gasteiger partial charge in [0.2, 0.25) is 0 Å². The van der Waals surface area contributed by atoms with Gasteiger partial charge in [0.25, 0.3) is 0 Å². The van der Waals surface area contributed by atoms with Gasteiger partial charge in [-0.2, -0.15) is 0 Å². The summed E-state index contributed by atoms with van der Waals surface area (Å²) in [5.41, 5.74) is 0.278. The summed E-state index contributed by atoms with van der Waals surface area (Å²) in [5.74, 6) is 0.772. The lowest BCUT2D eigenvalue weighted by Gasteiger charge is -2.09. The minimum Gasteiger partial charge on any atom is -0.373 e. The van der Waals surface area contributed by atoms with Crippen molar-refractivity contribution >= 4 is 40.7 Å². The maximum atomic E-state index is 13.6. The van der Waals surface area contributed by atoms with E-state index in [4.69, 9.17) is 11.6 Å². The fourth-order valence-corrected chi connectivity index (χ4v) is 1.99. The Balaban J connectivity index is 2.34. The van der Waals surface area contributed by atoms with Gasteiger partial charge in [-0.3, -0.25) is 0 Å². The predicted molar refractivity (Wildman–Crippen MR) is 78.1 cm³/mol. The Morgan fingerprint density at radius 1 is 1.21 bits per heavy atom. The molecular formula is C12H12ClFN4S. The molecule has 0 unspecified atom stereocenters. The number of aromatic nitrogens is 2. The summed E-state index contributed by atoms with van der Waals surface area (Å²) >= 11 is 7.25. The Bertz CT molecular complexity index is 572. The van der Waals surface area contributed by atoms with E-state index >= 15 is 0 Å². The molecule has 0 aliphatic carbocycles. The highest BCUT2D eigenvalue weighted by Gasteiger charge is 2.07. The average Bonchev–Trinajstić information content (AvgIpc) is 2.42. The van der Waals surface area contributed by atoms with Gasteiger partial charge in [-0.1, -0.05) is 23.4 Å². The van der Waals surface area contributed by atoms with Crippen LogP contribution in [0.4, 0.5) is 21.7 Å². The van der Waals surface area contributed by atoms with Crippen LogP contribution in [0, 0.1) is 5.82 Å². The van der Waals surface area contributed by atoms with E-state index in [0.29, 0.717) is 21.8 Å². The standard InChI is InChI=1S/C12H12ClFN4S/c1-15-10-6-11(18-12(17-10)19-2)16-9-5-7(13)3-4-8(9)14/h3-6H,1-2H3,(H2,15,16,17,18). The van der Waals surface area contributed by atoms with E-state index in [-0.39, 0.29) is 11.5 Å². The fraction of sp³-hybridized carbons (Fsp3) is 0.167. The molecule has 100 valence electrons. The number of nitrogens with zero attached hydrogens (tertiary/aromatic N) is 2. The van der Waals surface area contributed by atoms with Crippen molar-refractivity contribution in [3.05, 3.63) is 35.1 Å². The maximum absolute atomic E-state index is 13.6. The van der Waals surface area contributed by atoms with Crippen LogP contribution in [0.15, 0.2) is 29.4 Å². The van der Waals surface area contributed by atoms with E-state index in [1.54, 1.807) is 13.1 Å². The van der Waals surface area contributed by atoms with Crippen LogP contribution in [0.3, 0.4) is 0 Å². The quantitative estimate of drug-likeness (QED) is 0.664. The summed E-state index contributed by atoms with van der Waals surface area (Å²) in [6.45, 7) is 0. The van der Waals surface area contributed by atoms with Crippen molar-refractivity contribution in [2.75, 3.05) is 23.9 Å². The summed E-state index contributed by atoms with van der Waals surface area (Å²) < 4.78 is 13.6. The number of halogens is 2. The van der Waals surface area contributed by atoms with Gasteiger partial charge in [0, 0.05) is 18.1 Å². The molecule has 4 nitrogen and oxygen atoms in total. The normalized spacial score (nSPS) is 10.3. The Labute approximate surface area is 119 Å². The van der Waals surface area contributed by atoms with Gasteiger partial charge in [-0.25, -0.2) is 14.4 Å². The molecule has 1 heterocycles. The Morgan fingerprint density at radius 2 is 1.95 bits per heavy atom. The first-order chi connectivity index (χ1) is 9.12. The van der Waals surface area contributed by atoms with Gasteiger partial charge < -0.3 is 10.6 Å².